The monoisotopic (exact) mass is 416 g/mol. The van der Waals surface area contributed by atoms with Crippen LogP contribution in [0.3, 0.4) is 0 Å². The van der Waals surface area contributed by atoms with E-state index in [2.05, 4.69) is 5.32 Å². The molecule has 1 N–H and O–H groups in total. The zero-order chi connectivity index (χ0) is 20.9. The Morgan fingerprint density at radius 1 is 1.18 bits per heavy atom. The molecule has 2 aromatic rings. The van der Waals surface area contributed by atoms with E-state index in [-0.39, 0.29) is 10.6 Å². The Morgan fingerprint density at radius 2 is 1.89 bits per heavy atom. The molecule has 28 heavy (non-hydrogen) atoms. The van der Waals surface area contributed by atoms with Gasteiger partial charge in [0, 0.05) is 12.1 Å². The molecule has 1 amide bonds. The molecule has 0 saturated heterocycles. The van der Waals surface area contributed by atoms with Crippen molar-refractivity contribution in [2.75, 3.05) is 25.3 Å². The molecule has 0 aromatic heterocycles. The first kappa shape index (κ1) is 21.4. The van der Waals surface area contributed by atoms with Crippen molar-refractivity contribution in [3.05, 3.63) is 52.1 Å². The highest BCUT2D eigenvalue weighted by atomic mass is 32.2. The van der Waals surface area contributed by atoms with Crippen molar-refractivity contribution in [2.24, 2.45) is 0 Å². The van der Waals surface area contributed by atoms with E-state index in [1.165, 1.54) is 14.2 Å². The number of nitro benzene ring substituents is 1. The molecule has 0 heterocycles. The summed E-state index contributed by atoms with van der Waals surface area (Å²) >= 11 is 0.757. The summed E-state index contributed by atoms with van der Waals surface area (Å²) in [7, 11) is 2.88. The molecule has 0 saturated carbocycles. The van der Waals surface area contributed by atoms with Gasteiger partial charge in [0.15, 0.2) is 0 Å². The maximum Gasteiger partial charge on any atom is 0.416 e. The summed E-state index contributed by atoms with van der Waals surface area (Å²) in [5.41, 5.74) is -1.48. The fourth-order valence-electron chi connectivity index (χ4n) is 2.19. The molecule has 150 valence electrons. The van der Waals surface area contributed by atoms with Crippen LogP contribution >= 0.6 is 11.8 Å². The molecule has 11 heteroatoms. The van der Waals surface area contributed by atoms with Crippen LogP contribution in [0.25, 0.3) is 0 Å². The number of hydrogen-bond acceptors (Lipinski definition) is 6. The van der Waals surface area contributed by atoms with E-state index in [1.807, 2.05) is 0 Å². The molecule has 0 aliphatic carbocycles. The molecular formula is C17H15F3N2O5S. The van der Waals surface area contributed by atoms with Gasteiger partial charge < -0.3 is 14.8 Å². The first-order valence-corrected chi connectivity index (χ1v) is 8.64. The Labute approximate surface area is 162 Å². The van der Waals surface area contributed by atoms with Gasteiger partial charge in [-0.3, -0.25) is 14.9 Å². The Hall–Kier alpha value is -2.95. The van der Waals surface area contributed by atoms with Crippen LogP contribution in [0, 0.1) is 10.1 Å². The molecule has 0 atom stereocenters. The minimum absolute atomic E-state index is 0.0464. The highest BCUT2D eigenvalue weighted by Crippen LogP contribution is 2.36. The van der Waals surface area contributed by atoms with Gasteiger partial charge in [-0.05, 0) is 24.3 Å². The molecule has 0 spiro atoms. The molecule has 0 aliphatic rings. The molecule has 0 aliphatic heterocycles. The van der Waals surface area contributed by atoms with Gasteiger partial charge in [-0.15, -0.1) is 11.8 Å². The topological polar surface area (TPSA) is 90.7 Å². The molecule has 7 nitrogen and oxygen atoms in total. The lowest BCUT2D eigenvalue weighted by Gasteiger charge is -2.12. The maximum atomic E-state index is 12.7. The summed E-state index contributed by atoms with van der Waals surface area (Å²) in [5.74, 6) is 0.104. The summed E-state index contributed by atoms with van der Waals surface area (Å²) in [5, 5.41) is 13.7. The average molecular weight is 416 g/mol. The number of thioether (sulfide) groups is 1. The van der Waals surface area contributed by atoms with Crippen LogP contribution in [0.2, 0.25) is 0 Å². The highest BCUT2D eigenvalue weighted by molar-refractivity contribution is 8.00. The van der Waals surface area contributed by atoms with Gasteiger partial charge in [-0.25, -0.2) is 0 Å². The Bertz CT molecular complexity index is 890. The van der Waals surface area contributed by atoms with Crippen LogP contribution in [0.15, 0.2) is 41.3 Å². The van der Waals surface area contributed by atoms with E-state index >= 15 is 0 Å². The van der Waals surface area contributed by atoms with Crippen LogP contribution in [-0.4, -0.2) is 30.8 Å². The number of halogens is 3. The second-order valence-corrected chi connectivity index (χ2v) is 6.36. The van der Waals surface area contributed by atoms with E-state index in [1.54, 1.807) is 18.2 Å². The van der Waals surface area contributed by atoms with Gasteiger partial charge in [-0.2, -0.15) is 13.2 Å². The number of carbonyl (C=O) groups is 1. The smallest absolute Gasteiger partial charge is 0.416 e. The van der Waals surface area contributed by atoms with Crippen molar-refractivity contribution in [2.45, 2.75) is 11.1 Å². The quantitative estimate of drug-likeness (QED) is 0.410. The summed E-state index contributed by atoms with van der Waals surface area (Å²) in [4.78, 5) is 22.3. The van der Waals surface area contributed by atoms with Crippen molar-refractivity contribution in [3.8, 4) is 11.5 Å². The lowest BCUT2D eigenvalue weighted by molar-refractivity contribution is -0.388. The van der Waals surface area contributed by atoms with E-state index in [4.69, 9.17) is 9.47 Å². The largest absolute Gasteiger partial charge is 0.497 e. The van der Waals surface area contributed by atoms with Gasteiger partial charge in [0.25, 0.3) is 5.69 Å². The number of alkyl halides is 3. The first-order valence-electron chi connectivity index (χ1n) is 7.66. The van der Waals surface area contributed by atoms with E-state index in [0.717, 1.165) is 23.9 Å². The first-order chi connectivity index (χ1) is 13.2. The normalized spacial score (nSPS) is 11.0. The third kappa shape index (κ3) is 5.28. The minimum Gasteiger partial charge on any atom is -0.497 e. The van der Waals surface area contributed by atoms with Gasteiger partial charge in [-0.1, -0.05) is 0 Å². The number of nitrogens with one attached hydrogen (secondary N) is 1. The molecule has 0 radical (unpaired) electrons. The van der Waals surface area contributed by atoms with Crippen molar-refractivity contribution in [3.63, 3.8) is 0 Å². The predicted molar refractivity (Wildman–Crippen MR) is 97.0 cm³/mol. The third-order valence-corrected chi connectivity index (χ3v) is 4.59. The predicted octanol–water partition coefficient (Wildman–Crippen LogP) is 4.36. The number of rotatable bonds is 7. The fraction of sp³-hybridized carbons (Fsp3) is 0.235. The van der Waals surface area contributed by atoms with Crippen molar-refractivity contribution in [1.82, 2.24) is 0 Å². The van der Waals surface area contributed by atoms with E-state index in [9.17, 15) is 28.1 Å². The van der Waals surface area contributed by atoms with Crippen LogP contribution in [0.1, 0.15) is 5.56 Å². The number of carbonyl (C=O) groups excluding carboxylic acids is 1. The van der Waals surface area contributed by atoms with Crippen molar-refractivity contribution < 1.29 is 32.4 Å². The van der Waals surface area contributed by atoms with Gasteiger partial charge in [0.05, 0.1) is 41.0 Å². The SMILES string of the molecule is COc1ccc(NC(=O)CSc2ccc(C(F)(F)F)cc2[N+](=O)[O-])c(OC)c1. The second-order valence-electron chi connectivity index (χ2n) is 5.34. The zero-order valence-corrected chi connectivity index (χ0v) is 15.5. The standard InChI is InChI=1S/C17H15F3N2O5S/c1-26-11-4-5-12(14(8-11)27-2)21-16(23)9-28-15-6-3-10(17(18,19)20)7-13(15)22(24)25/h3-8H,9H2,1-2H3,(H,21,23). The van der Waals surface area contributed by atoms with Crippen LogP contribution in [0.5, 0.6) is 11.5 Å². The van der Waals surface area contributed by atoms with Gasteiger partial charge in [0.1, 0.15) is 11.5 Å². The average Bonchev–Trinajstić information content (AvgIpc) is 2.65. The molecule has 0 bridgehead atoms. The number of methoxy groups -OCH3 is 2. The Morgan fingerprint density at radius 3 is 2.46 bits per heavy atom. The van der Waals surface area contributed by atoms with Crippen LogP contribution in [-0.2, 0) is 11.0 Å². The summed E-state index contributed by atoms with van der Waals surface area (Å²) in [6.07, 6.45) is -4.70. The van der Waals surface area contributed by atoms with Crippen LogP contribution in [0.4, 0.5) is 24.5 Å². The van der Waals surface area contributed by atoms with Crippen molar-refractivity contribution >= 4 is 29.0 Å². The number of ether oxygens (including phenoxy) is 2. The lowest BCUT2D eigenvalue weighted by atomic mass is 10.2. The number of nitrogens with zero attached hydrogens (tertiary/aromatic N) is 1. The second kappa shape index (κ2) is 8.83. The Kier molecular flexibility index (Phi) is 6.73. The van der Waals surface area contributed by atoms with E-state index < -0.39 is 28.3 Å². The summed E-state index contributed by atoms with van der Waals surface area (Å²) < 4.78 is 48.4. The molecule has 0 fully saturated rings. The molecule has 2 rings (SSSR count). The van der Waals surface area contributed by atoms with E-state index in [0.29, 0.717) is 23.3 Å². The lowest BCUT2D eigenvalue weighted by Crippen LogP contribution is -2.15. The number of benzene rings is 2. The fourth-order valence-corrected chi connectivity index (χ4v) is 2.99. The van der Waals surface area contributed by atoms with Crippen LogP contribution < -0.4 is 14.8 Å². The summed E-state index contributed by atoms with van der Waals surface area (Å²) in [6.45, 7) is 0. The number of anilines is 1. The molecular weight excluding hydrogens is 401 g/mol. The van der Waals surface area contributed by atoms with Gasteiger partial charge >= 0.3 is 6.18 Å². The number of nitro groups is 1. The summed E-state index contributed by atoms with van der Waals surface area (Å²) in [6, 6.07) is 6.88. The number of hydrogen-bond donors (Lipinski definition) is 1. The molecule has 2 aromatic carbocycles. The number of amides is 1. The zero-order valence-electron chi connectivity index (χ0n) is 14.7. The highest BCUT2D eigenvalue weighted by Gasteiger charge is 2.33. The minimum atomic E-state index is -4.70. The Balaban J connectivity index is 2.12. The third-order valence-electron chi connectivity index (χ3n) is 3.52. The molecule has 0 unspecified atom stereocenters. The van der Waals surface area contributed by atoms with Gasteiger partial charge in [0.2, 0.25) is 5.91 Å². The van der Waals surface area contributed by atoms with Crippen molar-refractivity contribution in [1.29, 1.82) is 0 Å². The maximum absolute atomic E-state index is 12.7.